The van der Waals surface area contributed by atoms with Crippen LogP contribution >= 0.6 is 11.3 Å². The second kappa shape index (κ2) is 8.07. The molecule has 1 heterocycles. The maximum Gasteiger partial charge on any atom is 0.247 e. The molecule has 0 unspecified atom stereocenters. The summed E-state index contributed by atoms with van der Waals surface area (Å²) in [7, 11) is 0. The summed E-state index contributed by atoms with van der Waals surface area (Å²) in [6.45, 7) is 2.61. The fourth-order valence-electron chi connectivity index (χ4n) is 2.43. The van der Waals surface area contributed by atoms with Gasteiger partial charge in [-0.1, -0.05) is 30.3 Å². The van der Waals surface area contributed by atoms with Crippen LogP contribution in [0.5, 0.6) is 0 Å². The molecular formula is C19H21N3O2S. The minimum Gasteiger partial charge on any atom is -0.330 e. The van der Waals surface area contributed by atoms with E-state index in [0.29, 0.717) is 17.6 Å². The number of nitrogens with one attached hydrogen (secondary N) is 1. The van der Waals surface area contributed by atoms with Crippen molar-refractivity contribution in [3.63, 3.8) is 0 Å². The van der Waals surface area contributed by atoms with Gasteiger partial charge in [-0.25, -0.2) is 4.98 Å². The Labute approximate surface area is 151 Å². The summed E-state index contributed by atoms with van der Waals surface area (Å²) in [6.07, 6.45) is 7.29. The van der Waals surface area contributed by atoms with Crippen molar-refractivity contribution in [3.8, 4) is 0 Å². The van der Waals surface area contributed by atoms with Gasteiger partial charge in [-0.2, -0.15) is 0 Å². The number of anilines is 1. The molecule has 25 heavy (non-hydrogen) atoms. The molecule has 0 spiro atoms. The summed E-state index contributed by atoms with van der Waals surface area (Å²) in [4.78, 5) is 31.5. The zero-order chi connectivity index (χ0) is 17.6. The number of carbonyl (C=O) groups is 2. The molecule has 0 atom stereocenters. The van der Waals surface area contributed by atoms with Gasteiger partial charge < -0.3 is 10.2 Å². The van der Waals surface area contributed by atoms with Crippen LogP contribution in [0.1, 0.15) is 23.3 Å². The van der Waals surface area contributed by atoms with E-state index >= 15 is 0 Å². The van der Waals surface area contributed by atoms with E-state index in [1.165, 1.54) is 11.3 Å². The minimum absolute atomic E-state index is 0.0487. The van der Waals surface area contributed by atoms with Gasteiger partial charge in [-0.3, -0.25) is 9.59 Å². The third-order valence-electron chi connectivity index (χ3n) is 3.91. The maximum absolute atomic E-state index is 12.5. The number of thiazole rings is 1. The first kappa shape index (κ1) is 17.4. The number of amides is 2. The first-order valence-corrected chi connectivity index (χ1v) is 9.16. The molecule has 0 bridgehead atoms. The van der Waals surface area contributed by atoms with Gasteiger partial charge in [-0.05, 0) is 37.3 Å². The van der Waals surface area contributed by atoms with Gasteiger partial charge in [0.05, 0.1) is 0 Å². The normalized spacial score (nSPS) is 13.8. The van der Waals surface area contributed by atoms with E-state index in [1.807, 2.05) is 37.3 Å². The van der Waals surface area contributed by atoms with Gasteiger partial charge >= 0.3 is 0 Å². The number of nitrogens with zero attached hydrogens (tertiary/aromatic N) is 2. The van der Waals surface area contributed by atoms with Crippen LogP contribution in [0.2, 0.25) is 0 Å². The lowest BCUT2D eigenvalue weighted by atomic mass is 10.2. The first-order chi connectivity index (χ1) is 12.1. The Bertz CT molecular complexity index is 766. The van der Waals surface area contributed by atoms with Gasteiger partial charge in [0.2, 0.25) is 11.8 Å². The summed E-state index contributed by atoms with van der Waals surface area (Å²) in [5, 5.41) is 3.34. The molecule has 6 heteroatoms. The Morgan fingerprint density at radius 2 is 2.08 bits per heavy atom. The largest absolute Gasteiger partial charge is 0.330 e. The topological polar surface area (TPSA) is 62.3 Å². The third-order valence-corrected chi connectivity index (χ3v) is 4.74. The molecule has 1 aromatic carbocycles. The molecule has 1 aromatic heterocycles. The Balaban J connectivity index is 1.61. The summed E-state index contributed by atoms with van der Waals surface area (Å²) in [6, 6.07) is 9.66. The zero-order valence-corrected chi connectivity index (χ0v) is 15.0. The lowest BCUT2D eigenvalue weighted by molar-refractivity contribution is -0.130. The highest BCUT2D eigenvalue weighted by Crippen LogP contribution is 2.29. The predicted octanol–water partition coefficient (Wildman–Crippen LogP) is 3.34. The molecule has 1 aliphatic rings. The SMILES string of the molecule is Cc1cnc(NC(=O)CN(CC2CC2)C(=O)/C=C/c2ccccc2)s1. The van der Waals surface area contributed by atoms with Crippen LogP contribution in [-0.4, -0.2) is 34.8 Å². The van der Waals surface area contributed by atoms with Crippen molar-refractivity contribution in [1.29, 1.82) is 0 Å². The first-order valence-electron chi connectivity index (χ1n) is 8.34. The maximum atomic E-state index is 12.5. The molecule has 2 amide bonds. The number of aromatic nitrogens is 1. The van der Waals surface area contributed by atoms with Crippen molar-refractivity contribution in [3.05, 3.63) is 53.0 Å². The number of hydrogen-bond acceptors (Lipinski definition) is 4. The van der Waals surface area contributed by atoms with Crippen LogP contribution in [0.4, 0.5) is 5.13 Å². The monoisotopic (exact) mass is 355 g/mol. The van der Waals surface area contributed by atoms with E-state index in [0.717, 1.165) is 23.3 Å². The van der Waals surface area contributed by atoms with E-state index in [2.05, 4.69) is 10.3 Å². The second-order valence-electron chi connectivity index (χ2n) is 6.23. The van der Waals surface area contributed by atoms with Gasteiger partial charge in [0.1, 0.15) is 6.54 Å². The van der Waals surface area contributed by atoms with Crippen molar-refractivity contribution in [1.82, 2.24) is 9.88 Å². The molecular weight excluding hydrogens is 334 g/mol. The Kier molecular flexibility index (Phi) is 5.60. The number of carbonyl (C=O) groups excluding carboxylic acids is 2. The van der Waals surface area contributed by atoms with Crippen molar-refractivity contribution >= 4 is 34.4 Å². The molecule has 1 fully saturated rings. The molecule has 2 aromatic rings. The van der Waals surface area contributed by atoms with E-state index in [4.69, 9.17) is 0 Å². The third kappa shape index (κ3) is 5.53. The van der Waals surface area contributed by atoms with Crippen molar-refractivity contribution in [2.24, 2.45) is 5.92 Å². The lowest BCUT2D eigenvalue weighted by Gasteiger charge is -2.20. The van der Waals surface area contributed by atoms with Gasteiger partial charge in [0, 0.05) is 23.7 Å². The summed E-state index contributed by atoms with van der Waals surface area (Å²) in [5.41, 5.74) is 0.963. The number of hydrogen-bond donors (Lipinski definition) is 1. The van der Waals surface area contributed by atoms with Crippen molar-refractivity contribution in [2.75, 3.05) is 18.4 Å². The van der Waals surface area contributed by atoms with Gasteiger partial charge in [0.15, 0.2) is 5.13 Å². The van der Waals surface area contributed by atoms with Crippen molar-refractivity contribution < 1.29 is 9.59 Å². The summed E-state index contributed by atoms with van der Waals surface area (Å²) < 4.78 is 0. The molecule has 5 nitrogen and oxygen atoms in total. The van der Waals surface area contributed by atoms with Crippen LogP contribution in [0.3, 0.4) is 0 Å². The minimum atomic E-state index is -0.212. The molecule has 1 saturated carbocycles. The molecule has 3 rings (SSSR count). The fourth-order valence-corrected chi connectivity index (χ4v) is 3.11. The molecule has 130 valence electrons. The zero-order valence-electron chi connectivity index (χ0n) is 14.1. The van der Waals surface area contributed by atoms with E-state index in [1.54, 1.807) is 23.2 Å². The molecule has 0 radical (unpaired) electrons. The van der Waals surface area contributed by atoms with Crippen molar-refractivity contribution in [2.45, 2.75) is 19.8 Å². The van der Waals surface area contributed by atoms with Crippen LogP contribution in [0.25, 0.3) is 6.08 Å². The van der Waals surface area contributed by atoms with E-state index < -0.39 is 0 Å². The van der Waals surface area contributed by atoms with E-state index in [-0.39, 0.29) is 18.4 Å². The number of rotatable bonds is 7. The number of benzene rings is 1. The quantitative estimate of drug-likeness (QED) is 0.775. The average molecular weight is 355 g/mol. The standard InChI is InChI=1S/C19H21N3O2S/c1-14-11-20-19(25-14)21-17(23)13-22(12-16-7-8-16)18(24)10-9-15-5-3-2-4-6-15/h2-6,9-11,16H,7-8,12-13H2,1H3,(H,20,21,23)/b10-9+. The molecule has 1 N–H and O–H groups in total. The Morgan fingerprint density at radius 1 is 1.32 bits per heavy atom. The highest BCUT2D eigenvalue weighted by atomic mass is 32.1. The Morgan fingerprint density at radius 3 is 2.72 bits per heavy atom. The predicted molar refractivity (Wildman–Crippen MR) is 100 cm³/mol. The number of aryl methyl sites for hydroxylation is 1. The lowest BCUT2D eigenvalue weighted by Crippen LogP contribution is -2.38. The Hall–Kier alpha value is -2.47. The van der Waals surface area contributed by atoms with Crippen LogP contribution in [0, 0.1) is 12.8 Å². The molecule has 0 aliphatic heterocycles. The summed E-state index contributed by atoms with van der Waals surface area (Å²) >= 11 is 1.42. The highest BCUT2D eigenvalue weighted by molar-refractivity contribution is 7.15. The molecule has 1 aliphatic carbocycles. The second-order valence-corrected chi connectivity index (χ2v) is 7.47. The molecule has 0 saturated heterocycles. The smallest absolute Gasteiger partial charge is 0.247 e. The summed E-state index contributed by atoms with van der Waals surface area (Å²) in [5.74, 6) is 0.168. The average Bonchev–Trinajstić information content (AvgIpc) is 3.33. The van der Waals surface area contributed by atoms with Gasteiger partial charge in [0.25, 0.3) is 0 Å². The highest BCUT2D eigenvalue weighted by Gasteiger charge is 2.27. The van der Waals surface area contributed by atoms with Gasteiger partial charge in [-0.15, -0.1) is 11.3 Å². The van der Waals surface area contributed by atoms with Crippen LogP contribution in [0.15, 0.2) is 42.6 Å². The van der Waals surface area contributed by atoms with E-state index in [9.17, 15) is 9.59 Å². The van der Waals surface area contributed by atoms with Crippen LogP contribution < -0.4 is 5.32 Å². The fraction of sp³-hybridized carbons (Fsp3) is 0.316. The van der Waals surface area contributed by atoms with Crippen LogP contribution in [-0.2, 0) is 9.59 Å².